The normalized spacial score (nSPS) is 14.0. The molecule has 0 saturated carbocycles. The monoisotopic (exact) mass is 482 g/mol. The number of hydrogen-bond donors (Lipinski definition) is 0. The second-order valence-electron chi connectivity index (χ2n) is 7.40. The Morgan fingerprint density at radius 2 is 1.82 bits per heavy atom. The highest BCUT2D eigenvalue weighted by Gasteiger charge is 2.24. The molecule has 0 N–H and O–H groups in total. The van der Waals surface area contributed by atoms with E-state index in [1.807, 2.05) is 42.5 Å². The van der Waals surface area contributed by atoms with E-state index in [1.54, 1.807) is 40.8 Å². The standard InChI is InChI=1S/C25H23ClN2O4S/c1-31-22-4-2-3-5-23(22)33-20-8-6-18(21(26)16-20)7-9-24(29)27-11-13-28(14-12-27)25(30)19-10-15-32-17-19/h2-10,15-17H,11-14H2,1H3/b9-7+. The van der Waals surface area contributed by atoms with Gasteiger partial charge in [0.25, 0.3) is 5.91 Å². The first-order valence-electron chi connectivity index (χ1n) is 10.4. The SMILES string of the molecule is COc1ccccc1Sc1ccc(/C=C/C(=O)N2CCN(C(=O)c3ccoc3)CC2)c(Cl)c1. The first kappa shape index (κ1) is 23.0. The Balaban J connectivity index is 1.34. The number of halogens is 1. The molecule has 2 heterocycles. The molecule has 1 fully saturated rings. The predicted octanol–water partition coefficient (Wildman–Crippen LogP) is 5.09. The van der Waals surface area contributed by atoms with Crippen LogP contribution in [0.3, 0.4) is 0 Å². The third kappa shape index (κ3) is 5.61. The second kappa shape index (κ2) is 10.6. The summed E-state index contributed by atoms with van der Waals surface area (Å²) in [6.45, 7) is 1.93. The van der Waals surface area contributed by atoms with Crippen LogP contribution in [0, 0.1) is 0 Å². The van der Waals surface area contributed by atoms with Crippen molar-refractivity contribution in [2.24, 2.45) is 0 Å². The maximum Gasteiger partial charge on any atom is 0.257 e. The van der Waals surface area contributed by atoms with E-state index in [0.29, 0.717) is 36.8 Å². The molecule has 2 aromatic carbocycles. The molecule has 0 atom stereocenters. The molecule has 33 heavy (non-hydrogen) atoms. The van der Waals surface area contributed by atoms with Crippen molar-refractivity contribution in [2.75, 3.05) is 33.3 Å². The van der Waals surface area contributed by atoms with Crippen LogP contribution in [0.5, 0.6) is 5.75 Å². The lowest BCUT2D eigenvalue weighted by Gasteiger charge is -2.34. The van der Waals surface area contributed by atoms with Gasteiger partial charge in [0.05, 0.1) is 23.8 Å². The summed E-state index contributed by atoms with van der Waals surface area (Å²) in [6.07, 6.45) is 6.17. The van der Waals surface area contributed by atoms with Gasteiger partial charge >= 0.3 is 0 Å². The van der Waals surface area contributed by atoms with E-state index < -0.39 is 0 Å². The van der Waals surface area contributed by atoms with Crippen LogP contribution in [0.25, 0.3) is 6.08 Å². The van der Waals surface area contributed by atoms with Gasteiger partial charge in [0.15, 0.2) is 0 Å². The second-order valence-corrected chi connectivity index (χ2v) is 8.92. The van der Waals surface area contributed by atoms with Crippen molar-refractivity contribution < 1.29 is 18.7 Å². The lowest BCUT2D eigenvalue weighted by Crippen LogP contribution is -2.50. The molecule has 3 aromatic rings. The summed E-state index contributed by atoms with van der Waals surface area (Å²) in [4.78, 5) is 30.5. The summed E-state index contributed by atoms with van der Waals surface area (Å²) in [5.41, 5.74) is 1.29. The zero-order valence-electron chi connectivity index (χ0n) is 18.1. The maximum atomic E-state index is 12.6. The number of piperazine rings is 1. The van der Waals surface area contributed by atoms with Crippen LogP contribution >= 0.6 is 23.4 Å². The lowest BCUT2D eigenvalue weighted by molar-refractivity contribution is -0.127. The van der Waals surface area contributed by atoms with Crippen molar-refractivity contribution in [1.82, 2.24) is 9.80 Å². The molecule has 0 radical (unpaired) electrons. The number of ether oxygens (including phenoxy) is 1. The van der Waals surface area contributed by atoms with Gasteiger partial charge in [-0.2, -0.15) is 0 Å². The Labute approximate surface area is 201 Å². The van der Waals surface area contributed by atoms with Crippen molar-refractivity contribution >= 4 is 41.3 Å². The fraction of sp³-hybridized carbons (Fsp3) is 0.200. The Morgan fingerprint density at radius 3 is 2.52 bits per heavy atom. The molecular formula is C25H23ClN2O4S. The summed E-state index contributed by atoms with van der Waals surface area (Å²) in [7, 11) is 1.65. The number of benzene rings is 2. The molecule has 170 valence electrons. The predicted molar refractivity (Wildman–Crippen MR) is 129 cm³/mol. The van der Waals surface area contributed by atoms with E-state index in [4.69, 9.17) is 20.8 Å². The fourth-order valence-corrected chi connectivity index (χ4v) is 4.78. The largest absolute Gasteiger partial charge is 0.496 e. The number of rotatable bonds is 6. The average molecular weight is 483 g/mol. The molecule has 0 bridgehead atoms. The summed E-state index contributed by atoms with van der Waals surface area (Å²) in [6, 6.07) is 15.2. The number of hydrogen-bond acceptors (Lipinski definition) is 5. The van der Waals surface area contributed by atoms with Crippen molar-refractivity contribution in [1.29, 1.82) is 0 Å². The fourth-order valence-electron chi connectivity index (χ4n) is 3.50. The third-order valence-corrected chi connectivity index (χ3v) is 6.70. The highest BCUT2D eigenvalue weighted by molar-refractivity contribution is 7.99. The van der Waals surface area contributed by atoms with Crippen molar-refractivity contribution in [3.8, 4) is 5.75 Å². The molecule has 4 rings (SSSR count). The van der Waals surface area contributed by atoms with Crippen LogP contribution in [0.1, 0.15) is 15.9 Å². The molecule has 6 nitrogen and oxygen atoms in total. The van der Waals surface area contributed by atoms with E-state index in [0.717, 1.165) is 21.1 Å². The molecule has 1 aromatic heterocycles. The number of carbonyl (C=O) groups is 2. The highest BCUT2D eigenvalue weighted by atomic mass is 35.5. The summed E-state index contributed by atoms with van der Waals surface area (Å²) < 4.78 is 10.4. The van der Waals surface area contributed by atoms with Gasteiger partial charge in [-0.3, -0.25) is 9.59 Å². The number of methoxy groups -OCH3 is 1. The average Bonchev–Trinajstić information content (AvgIpc) is 3.38. The molecule has 1 aliphatic rings. The molecule has 0 aliphatic carbocycles. The number of carbonyl (C=O) groups excluding carboxylic acids is 2. The van der Waals surface area contributed by atoms with Gasteiger partial charge in [-0.15, -0.1) is 0 Å². The molecular weight excluding hydrogens is 460 g/mol. The van der Waals surface area contributed by atoms with Crippen LogP contribution in [-0.2, 0) is 4.79 Å². The smallest absolute Gasteiger partial charge is 0.257 e. The third-order valence-electron chi connectivity index (χ3n) is 5.32. The number of amides is 2. The molecule has 0 spiro atoms. The maximum absolute atomic E-state index is 12.6. The van der Waals surface area contributed by atoms with Crippen LogP contribution in [0.15, 0.2) is 81.3 Å². The van der Waals surface area contributed by atoms with Gasteiger partial charge in [-0.05, 0) is 42.0 Å². The summed E-state index contributed by atoms with van der Waals surface area (Å²) in [5, 5.41) is 0.564. The molecule has 8 heteroatoms. The molecule has 1 saturated heterocycles. The van der Waals surface area contributed by atoms with Crippen molar-refractivity contribution in [3.05, 3.63) is 83.3 Å². The van der Waals surface area contributed by atoms with E-state index in [9.17, 15) is 9.59 Å². The van der Waals surface area contributed by atoms with Gasteiger partial charge < -0.3 is 19.0 Å². The van der Waals surface area contributed by atoms with Crippen LogP contribution in [0.4, 0.5) is 0 Å². The number of para-hydroxylation sites is 1. The van der Waals surface area contributed by atoms with Gasteiger partial charge in [0.1, 0.15) is 12.0 Å². The topological polar surface area (TPSA) is 63.0 Å². The summed E-state index contributed by atoms with van der Waals surface area (Å²) >= 11 is 8.03. The lowest BCUT2D eigenvalue weighted by atomic mass is 10.2. The van der Waals surface area contributed by atoms with Gasteiger partial charge in [-0.25, -0.2) is 0 Å². The molecule has 1 aliphatic heterocycles. The van der Waals surface area contributed by atoms with Gasteiger partial charge in [0.2, 0.25) is 5.91 Å². The quantitative estimate of drug-likeness (QED) is 0.458. The summed E-state index contributed by atoms with van der Waals surface area (Å²) in [5.74, 6) is 0.623. The van der Waals surface area contributed by atoms with E-state index in [-0.39, 0.29) is 11.8 Å². The van der Waals surface area contributed by atoms with E-state index in [2.05, 4.69) is 0 Å². The zero-order valence-corrected chi connectivity index (χ0v) is 19.6. The minimum atomic E-state index is -0.103. The van der Waals surface area contributed by atoms with Gasteiger partial charge in [-0.1, -0.05) is 41.6 Å². The van der Waals surface area contributed by atoms with Crippen molar-refractivity contribution in [3.63, 3.8) is 0 Å². The van der Waals surface area contributed by atoms with Crippen molar-refractivity contribution in [2.45, 2.75) is 9.79 Å². The van der Waals surface area contributed by atoms with E-state index in [1.165, 1.54) is 18.6 Å². The molecule has 2 amide bonds. The Kier molecular flexibility index (Phi) is 7.42. The Morgan fingerprint density at radius 1 is 1.06 bits per heavy atom. The molecule has 0 unspecified atom stereocenters. The van der Waals surface area contributed by atoms with Gasteiger partial charge in [0, 0.05) is 42.2 Å². The van der Waals surface area contributed by atoms with E-state index >= 15 is 0 Å². The number of furan rings is 1. The minimum Gasteiger partial charge on any atom is -0.496 e. The Hall–Kier alpha value is -3.16. The number of nitrogens with zero attached hydrogens (tertiary/aromatic N) is 2. The minimum absolute atomic E-state index is 0.0794. The Bertz CT molecular complexity index is 1150. The zero-order chi connectivity index (χ0) is 23.2. The van der Waals surface area contributed by atoms with Crippen LogP contribution in [0.2, 0.25) is 5.02 Å². The first-order chi connectivity index (χ1) is 16.0. The first-order valence-corrected chi connectivity index (χ1v) is 11.6. The highest BCUT2D eigenvalue weighted by Crippen LogP contribution is 2.36. The van der Waals surface area contributed by atoms with Crippen LogP contribution in [-0.4, -0.2) is 54.9 Å². The van der Waals surface area contributed by atoms with Crippen LogP contribution < -0.4 is 4.74 Å².